The van der Waals surface area contributed by atoms with Gasteiger partial charge in [0.2, 0.25) is 0 Å². The van der Waals surface area contributed by atoms with Crippen molar-refractivity contribution in [2.75, 3.05) is 0 Å². The Balaban J connectivity index is 1.99. The molecule has 0 saturated heterocycles. The first kappa shape index (κ1) is 17.2. The lowest BCUT2D eigenvalue weighted by Gasteiger charge is -2.11. The summed E-state index contributed by atoms with van der Waals surface area (Å²) in [5.74, 6) is 0. The Morgan fingerprint density at radius 1 is 0.926 bits per heavy atom. The lowest BCUT2D eigenvalue weighted by atomic mass is 9.98. The maximum atomic E-state index is 11.3. The largest absolute Gasteiger partial charge is 0.272 e. The summed E-state index contributed by atoms with van der Waals surface area (Å²) in [7, 11) is 0. The van der Waals surface area contributed by atoms with Crippen LogP contribution in [-0.2, 0) is 0 Å². The van der Waals surface area contributed by atoms with E-state index >= 15 is 0 Å². The first-order chi connectivity index (χ1) is 13.0. The molecule has 5 heteroatoms. The predicted molar refractivity (Wildman–Crippen MR) is 109 cm³/mol. The fourth-order valence-corrected chi connectivity index (χ4v) is 3.34. The van der Waals surface area contributed by atoms with Crippen molar-refractivity contribution in [1.29, 1.82) is 0 Å². The molecule has 1 aromatic heterocycles. The summed E-state index contributed by atoms with van der Waals surface area (Å²) < 4.78 is 0. The van der Waals surface area contributed by atoms with E-state index in [1.807, 2.05) is 54.6 Å². The van der Waals surface area contributed by atoms with Gasteiger partial charge in [0.25, 0.3) is 5.69 Å². The molecule has 0 aliphatic heterocycles. The zero-order chi connectivity index (χ0) is 19.0. The van der Waals surface area contributed by atoms with Gasteiger partial charge in [0.1, 0.15) is 0 Å². The van der Waals surface area contributed by atoms with Crippen LogP contribution in [0.3, 0.4) is 0 Å². The zero-order valence-corrected chi connectivity index (χ0v) is 15.3. The fraction of sp³-hybridized carbons (Fsp3) is 0.0455. The fourth-order valence-electron chi connectivity index (χ4n) is 3.17. The number of fused-ring (bicyclic) bond motifs is 1. The Labute approximate surface area is 161 Å². The van der Waals surface area contributed by atoms with E-state index < -0.39 is 0 Å². The second-order valence-electron chi connectivity index (χ2n) is 6.34. The lowest BCUT2D eigenvalue weighted by molar-refractivity contribution is -0.385. The molecule has 4 rings (SSSR count). The summed E-state index contributed by atoms with van der Waals surface area (Å²) in [5, 5.41) is 12.9. The van der Waals surface area contributed by atoms with Crippen molar-refractivity contribution in [2.24, 2.45) is 0 Å². The summed E-state index contributed by atoms with van der Waals surface area (Å²) in [6, 6.07) is 22.7. The van der Waals surface area contributed by atoms with Crippen molar-refractivity contribution in [3.8, 4) is 22.4 Å². The van der Waals surface area contributed by atoms with Gasteiger partial charge in [-0.3, -0.25) is 10.1 Å². The molecule has 0 amide bonds. The van der Waals surface area contributed by atoms with Crippen molar-refractivity contribution in [3.05, 3.63) is 93.5 Å². The average Bonchev–Trinajstić information content (AvgIpc) is 2.68. The van der Waals surface area contributed by atoms with E-state index in [1.165, 1.54) is 0 Å². The number of nitro groups is 1. The highest BCUT2D eigenvalue weighted by Crippen LogP contribution is 2.34. The SMILES string of the molecule is Cc1ccc(-c2cc(-c3ccccc3)c3cc(Cl)ccc3n2)cc1[N+](=O)[O-]. The second-order valence-corrected chi connectivity index (χ2v) is 6.78. The molecule has 132 valence electrons. The van der Waals surface area contributed by atoms with Crippen LogP contribution in [0, 0.1) is 17.0 Å². The highest BCUT2D eigenvalue weighted by molar-refractivity contribution is 6.31. The van der Waals surface area contributed by atoms with Crippen LogP contribution in [0.4, 0.5) is 5.69 Å². The third kappa shape index (κ3) is 3.27. The number of pyridine rings is 1. The molecule has 0 unspecified atom stereocenters. The minimum absolute atomic E-state index is 0.0896. The highest BCUT2D eigenvalue weighted by Gasteiger charge is 2.15. The molecule has 0 bridgehead atoms. The molecule has 1 heterocycles. The minimum Gasteiger partial charge on any atom is -0.258 e. The number of rotatable bonds is 3. The van der Waals surface area contributed by atoms with Crippen LogP contribution in [-0.4, -0.2) is 9.91 Å². The van der Waals surface area contributed by atoms with E-state index in [2.05, 4.69) is 0 Å². The van der Waals surface area contributed by atoms with E-state index in [0.717, 1.165) is 22.0 Å². The molecule has 3 aromatic carbocycles. The number of hydrogen-bond donors (Lipinski definition) is 0. The summed E-state index contributed by atoms with van der Waals surface area (Å²) in [4.78, 5) is 15.7. The molecule has 0 N–H and O–H groups in total. The number of aromatic nitrogens is 1. The molecule has 4 aromatic rings. The normalized spacial score (nSPS) is 10.9. The summed E-state index contributed by atoms with van der Waals surface area (Å²) in [5.41, 5.74) is 4.93. The van der Waals surface area contributed by atoms with Gasteiger partial charge in [-0.15, -0.1) is 0 Å². The lowest BCUT2D eigenvalue weighted by Crippen LogP contribution is -1.94. The van der Waals surface area contributed by atoms with Gasteiger partial charge in [0, 0.05) is 27.6 Å². The maximum Gasteiger partial charge on any atom is 0.272 e. The van der Waals surface area contributed by atoms with Gasteiger partial charge < -0.3 is 0 Å². The van der Waals surface area contributed by atoms with Crippen molar-refractivity contribution < 1.29 is 4.92 Å². The molecule has 0 fully saturated rings. The second kappa shape index (κ2) is 6.82. The molecule has 4 nitrogen and oxygen atoms in total. The zero-order valence-electron chi connectivity index (χ0n) is 14.5. The third-order valence-corrected chi connectivity index (χ3v) is 4.79. The molecule has 0 aliphatic rings. The molecular weight excluding hydrogens is 360 g/mol. The molecule has 0 atom stereocenters. The predicted octanol–water partition coefficient (Wildman–Crippen LogP) is 6.44. The van der Waals surface area contributed by atoms with Crippen LogP contribution in [0.1, 0.15) is 5.56 Å². The topological polar surface area (TPSA) is 56.0 Å². The Hall–Kier alpha value is -3.24. The number of nitro benzene ring substituents is 1. The standard InChI is InChI=1S/C22H15ClN2O2/c1-14-7-8-16(11-22(14)25(26)27)21-13-18(15-5-3-2-4-6-15)19-12-17(23)9-10-20(19)24-21/h2-13H,1H3. The van der Waals surface area contributed by atoms with Gasteiger partial charge in [-0.2, -0.15) is 0 Å². The van der Waals surface area contributed by atoms with E-state index in [0.29, 0.717) is 21.8 Å². The van der Waals surface area contributed by atoms with Gasteiger partial charge in [0.15, 0.2) is 0 Å². The van der Waals surface area contributed by atoms with E-state index in [1.54, 1.807) is 25.1 Å². The minimum atomic E-state index is -0.363. The van der Waals surface area contributed by atoms with Crippen LogP contribution in [0.25, 0.3) is 33.3 Å². The number of benzene rings is 3. The number of nitrogens with zero attached hydrogens (tertiary/aromatic N) is 2. The molecule has 0 aliphatic carbocycles. The Bertz CT molecular complexity index is 1170. The average molecular weight is 375 g/mol. The number of hydrogen-bond acceptors (Lipinski definition) is 3. The van der Waals surface area contributed by atoms with Crippen molar-refractivity contribution in [2.45, 2.75) is 6.92 Å². The van der Waals surface area contributed by atoms with Crippen molar-refractivity contribution in [1.82, 2.24) is 4.98 Å². The monoisotopic (exact) mass is 374 g/mol. The Morgan fingerprint density at radius 3 is 2.44 bits per heavy atom. The summed E-state index contributed by atoms with van der Waals surface area (Å²) in [6.07, 6.45) is 0. The molecule has 0 saturated carbocycles. The van der Waals surface area contributed by atoms with Crippen LogP contribution >= 0.6 is 11.6 Å². The van der Waals surface area contributed by atoms with Crippen LogP contribution in [0.5, 0.6) is 0 Å². The third-order valence-electron chi connectivity index (χ3n) is 4.56. The van der Waals surface area contributed by atoms with Crippen LogP contribution in [0.15, 0.2) is 72.8 Å². The number of aryl methyl sites for hydroxylation is 1. The van der Waals surface area contributed by atoms with Crippen LogP contribution < -0.4 is 0 Å². The van der Waals surface area contributed by atoms with Gasteiger partial charge in [-0.05, 0) is 42.3 Å². The first-order valence-electron chi connectivity index (χ1n) is 8.44. The Morgan fingerprint density at radius 2 is 1.70 bits per heavy atom. The van der Waals surface area contributed by atoms with Gasteiger partial charge in [0.05, 0.1) is 16.1 Å². The molecule has 27 heavy (non-hydrogen) atoms. The van der Waals surface area contributed by atoms with Crippen molar-refractivity contribution >= 4 is 28.2 Å². The van der Waals surface area contributed by atoms with E-state index in [4.69, 9.17) is 16.6 Å². The van der Waals surface area contributed by atoms with Gasteiger partial charge in [-0.25, -0.2) is 4.98 Å². The number of halogens is 1. The highest BCUT2D eigenvalue weighted by atomic mass is 35.5. The Kier molecular flexibility index (Phi) is 4.34. The molecule has 0 spiro atoms. The smallest absolute Gasteiger partial charge is 0.258 e. The molecular formula is C22H15ClN2O2. The van der Waals surface area contributed by atoms with E-state index in [9.17, 15) is 10.1 Å². The summed E-state index contributed by atoms with van der Waals surface area (Å²) >= 11 is 6.21. The summed E-state index contributed by atoms with van der Waals surface area (Å²) in [6.45, 7) is 1.73. The molecule has 0 radical (unpaired) electrons. The first-order valence-corrected chi connectivity index (χ1v) is 8.82. The van der Waals surface area contributed by atoms with Crippen molar-refractivity contribution in [3.63, 3.8) is 0 Å². The maximum absolute atomic E-state index is 11.3. The van der Waals surface area contributed by atoms with Gasteiger partial charge >= 0.3 is 0 Å². The van der Waals surface area contributed by atoms with Gasteiger partial charge in [-0.1, -0.05) is 54.1 Å². The van der Waals surface area contributed by atoms with E-state index in [-0.39, 0.29) is 10.6 Å². The van der Waals surface area contributed by atoms with Crippen LogP contribution in [0.2, 0.25) is 5.02 Å². The quantitative estimate of drug-likeness (QED) is 0.306.